The molecule has 1 aliphatic heterocycles. The number of rotatable bonds is 5. The van der Waals surface area contributed by atoms with Gasteiger partial charge < -0.3 is 10.1 Å². The van der Waals surface area contributed by atoms with E-state index in [9.17, 15) is 4.79 Å². The minimum absolute atomic E-state index is 0.162. The van der Waals surface area contributed by atoms with Gasteiger partial charge in [-0.05, 0) is 80.9 Å². The maximum absolute atomic E-state index is 13.6. The highest BCUT2D eigenvalue weighted by atomic mass is 79.9. The van der Waals surface area contributed by atoms with Crippen molar-refractivity contribution >= 4 is 27.7 Å². The fourth-order valence-corrected chi connectivity index (χ4v) is 7.80. The van der Waals surface area contributed by atoms with Crippen LogP contribution in [-0.2, 0) is 24.3 Å². The maximum Gasteiger partial charge on any atom is 0.231 e. The Hall–Kier alpha value is -1.99. The molecular weight excluding hydrogens is 480 g/mol. The van der Waals surface area contributed by atoms with Gasteiger partial charge in [0.2, 0.25) is 5.91 Å². The SMILES string of the molecule is COc1ccc(Br)cc1CN1CCc2c(ncnc2NC(=O)C23CC4CC(CC(C4)C2)C3)C1. The topological polar surface area (TPSA) is 67.3 Å². The van der Waals surface area contributed by atoms with Crippen molar-refractivity contribution in [1.82, 2.24) is 14.9 Å². The van der Waals surface area contributed by atoms with Crippen molar-refractivity contribution in [2.75, 3.05) is 19.0 Å². The van der Waals surface area contributed by atoms with Crippen LogP contribution in [-0.4, -0.2) is 34.4 Å². The number of hydrogen-bond acceptors (Lipinski definition) is 5. The lowest BCUT2D eigenvalue weighted by molar-refractivity contribution is -0.140. The fraction of sp³-hybridized carbons (Fsp3) is 0.577. The number of aromatic nitrogens is 2. The van der Waals surface area contributed by atoms with Crippen LogP contribution in [0.2, 0.25) is 0 Å². The van der Waals surface area contributed by atoms with Gasteiger partial charge in [-0.2, -0.15) is 0 Å². The Bertz CT molecular complexity index is 1050. The zero-order valence-corrected chi connectivity index (χ0v) is 20.7. The molecule has 4 aliphatic carbocycles. The Kier molecular flexibility index (Phi) is 5.45. The molecule has 0 radical (unpaired) electrons. The first-order valence-electron chi connectivity index (χ1n) is 12.2. The third-order valence-electron chi connectivity index (χ3n) is 8.47. The van der Waals surface area contributed by atoms with Crippen molar-refractivity contribution < 1.29 is 9.53 Å². The molecule has 174 valence electrons. The van der Waals surface area contributed by atoms with Gasteiger partial charge >= 0.3 is 0 Å². The largest absolute Gasteiger partial charge is 0.496 e. The van der Waals surface area contributed by atoms with Gasteiger partial charge in [-0.1, -0.05) is 15.9 Å². The summed E-state index contributed by atoms with van der Waals surface area (Å²) >= 11 is 3.57. The number of anilines is 1. The number of nitrogens with one attached hydrogen (secondary N) is 1. The Balaban J connectivity index is 1.18. The average Bonchev–Trinajstić information content (AvgIpc) is 2.78. The summed E-state index contributed by atoms with van der Waals surface area (Å²) in [6, 6.07) is 6.11. The van der Waals surface area contributed by atoms with E-state index in [0.29, 0.717) is 0 Å². The van der Waals surface area contributed by atoms with Crippen molar-refractivity contribution in [1.29, 1.82) is 0 Å². The Morgan fingerprint density at radius 3 is 2.61 bits per heavy atom. The van der Waals surface area contributed by atoms with E-state index in [2.05, 4.69) is 42.2 Å². The number of nitrogens with zero attached hydrogens (tertiary/aromatic N) is 3. The van der Waals surface area contributed by atoms with E-state index in [0.717, 1.165) is 95.9 Å². The lowest BCUT2D eigenvalue weighted by Gasteiger charge is -2.55. The molecular formula is C26H31BrN4O2. The molecule has 7 heteroatoms. The van der Waals surface area contributed by atoms with E-state index in [1.807, 2.05) is 12.1 Å². The summed E-state index contributed by atoms with van der Waals surface area (Å²) in [4.78, 5) is 25.0. The molecule has 4 saturated carbocycles. The predicted octanol–water partition coefficient (Wildman–Crippen LogP) is 4.96. The number of hydrogen-bond donors (Lipinski definition) is 1. The van der Waals surface area contributed by atoms with Crippen LogP contribution < -0.4 is 10.1 Å². The molecule has 2 aromatic rings. The van der Waals surface area contributed by atoms with E-state index < -0.39 is 0 Å². The van der Waals surface area contributed by atoms with Crippen LogP contribution in [0.1, 0.15) is 55.3 Å². The first-order valence-corrected chi connectivity index (χ1v) is 13.0. The molecule has 0 saturated heterocycles. The number of amides is 1. The Morgan fingerprint density at radius 1 is 1.18 bits per heavy atom. The van der Waals surface area contributed by atoms with Crippen molar-refractivity contribution in [3.8, 4) is 5.75 Å². The molecule has 1 N–H and O–H groups in total. The Morgan fingerprint density at radius 2 is 1.91 bits per heavy atom. The molecule has 1 aromatic heterocycles. The third kappa shape index (κ3) is 3.97. The monoisotopic (exact) mass is 510 g/mol. The van der Waals surface area contributed by atoms with Crippen LogP contribution >= 0.6 is 15.9 Å². The van der Waals surface area contributed by atoms with Crippen LogP contribution in [0.3, 0.4) is 0 Å². The minimum Gasteiger partial charge on any atom is -0.496 e. The van der Waals surface area contributed by atoms with E-state index in [1.54, 1.807) is 13.4 Å². The van der Waals surface area contributed by atoms with E-state index in [4.69, 9.17) is 4.74 Å². The summed E-state index contributed by atoms with van der Waals surface area (Å²) in [6.45, 7) is 2.44. The number of carbonyl (C=O) groups excluding carboxylic acids is 1. The highest BCUT2D eigenvalue weighted by molar-refractivity contribution is 9.10. The van der Waals surface area contributed by atoms with E-state index in [1.165, 1.54) is 19.3 Å². The molecule has 2 heterocycles. The summed E-state index contributed by atoms with van der Waals surface area (Å²) < 4.78 is 6.60. The van der Waals surface area contributed by atoms with Crippen LogP contribution in [0.5, 0.6) is 5.75 Å². The lowest BCUT2D eigenvalue weighted by atomic mass is 9.49. The van der Waals surface area contributed by atoms with Crippen LogP contribution in [0, 0.1) is 23.2 Å². The second kappa shape index (κ2) is 8.35. The van der Waals surface area contributed by atoms with Crippen molar-refractivity contribution in [2.24, 2.45) is 23.2 Å². The predicted molar refractivity (Wildman–Crippen MR) is 130 cm³/mol. The molecule has 4 fully saturated rings. The zero-order chi connectivity index (χ0) is 22.6. The van der Waals surface area contributed by atoms with Crippen LogP contribution in [0.4, 0.5) is 5.82 Å². The lowest BCUT2D eigenvalue weighted by Crippen LogP contribution is -2.52. The number of fused-ring (bicyclic) bond motifs is 1. The molecule has 4 bridgehead atoms. The van der Waals surface area contributed by atoms with Crippen molar-refractivity contribution in [3.05, 3.63) is 45.8 Å². The Labute approximate surface area is 203 Å². The normalized spacial score (nSPS) is 30.2. The van der Waals surface area contributed by atoms with Gasteiger partial charge in [0.15, 0.2) is 0 Å². The van der Waals surface area contributed by atoms with Gasteiger partial charge in [0, 0.05) is 35.2 Å². The number of ether oxygens (including phenoxy) is 1. The van der Waals surface area contributed by atoms with Crippen LogP contribution in [0.15, 0.2) is 29.0 Å². The first kappa shape index (κ1) is 21.5. The molecule has 33 heavy (non-hydrogen) atoms. The van der Waals surface area contributed by atoms with Crippen molar-refractivity contribution in [3.63, 3.8) is 0 Å². The summed E-state index contributed by atoms with van der Waals surface area (Å²) in [5.41, 5.74) is 3.11. The molecule has 6 nitrogen and oxygen atoms in total. The van der Waals surface area contributed by atoms with Crippen LogP contribution in [0.25, 0.3) is 0 Å². The average molecular weight is 511 g/mol. The highest BCUT2D eigenvalue weighted by Gasteiger charge is 2.54. The number of benzene rings is 1. The van der Waals surface area contributed by atoms with E-state index in [-0.39, 0.29) is 11.3 Å². The van der Waals surface area contributed by atoms with Gasteiger partial charge in [0.1, 0.15) is 17.9 Å². The van der Waals surface area contributed by atoms with Crippen molar-refractivity contribution in [2.45, 2.75) is 58.0 Å². The molecule has 0 unspecified atom stereocenters. The molecule has 1 aromatic carbocycles. The summed E-state index contributed by atoms with van der Waals surface area (Å²) in [5, 5.41) is 3.28. The summed E-state index contributed by atoms with van der Waals surface area (Å²) in [6.07, 6.45) is 9.68. The van der Waals surface area contributed by atoms with Gasteiger partial charge in [-0.3, -0.25) is 9.69 Å². The van der Waals surface area contributed by atoms with Gasteiger partial charge in [0.25, 0.3) is 0 Å². The molecule has 0 atom stereocenters. The number of carbonyl (C=O) groups is 1. The smallest absolute Gasteiger partial charge is 0.231 e. The van der Waals surface area contributed by atoms with Gasteiger partial charge in [-0.15, -0.1) is 0 Å². The first-order chi connectivity index (χ1) is 16.0. The quantitative estimate of drug-likeness (QED) is 0.615. The molecule has 5 aliphatic rings. The second-order valence-corrected chi connectivity index (χ2v) is 11.6. The third-order valence-corrected chi connectivity index (χ3v) is 8.97. The number of halogens is 1. The van der Waals surface area contributed by atoms with E-state index >= 15 is 0 Å². The standard InChI is InChI=1S/C26H31BrN4O2/c1-33-23-3-2-20(27)9-19(23)13-31-5-4-21-22(14-31)28-15-29-24(21)30-25(32)26-10-16-6-17(11-26)8-18(7-16)12-26/h2-3,9,15-18H,4-8,10-14H2,1H3,(H,28,29,30,32). The zero-order valence-electron chi connectivity index (χ0n) is 19.1. The highest BCUT2D eigenvalue weighted by Crippen LogP contribution is 2.60. The number of methoxy groups -OCH3 is 1. The van der Waals surface area contributed by atoms with Gasteiger partial charge in [0.05, 0.1) is 18.2 Å². The summed E-state index contributed by atoms with van der Waals surface area (Å²) in [7, 11) is 1.71. The minimum atomic E-state index is -0.162. The molecule has 1 amide bonds. The molecule has 0 spiro atoms. The maximum atomic E-state index is 13.6. The second-order valence-electron chi connectivity index (χ2n) is 10.7. The fourth-order valence-electron chi connectivity index (χ4n) is 7.39. The summed E-state index contributed by atoms with van der Waals surface area (Å²) in [5.74, 6) is 4.11. The van der Waals surface area contributed by atoms with Gasteiger partial charge in [-0.25, -0.2) is 9.97 Å². The molecule has 7 rings (SSSR count).